The van der Waals surface area contributed by atoms with Crippen LogP contribution >= 0.6 is 0 Å². The third kappa shape index (κ3) is 3.36. The number of nitrogens with zero attached hydrogens (tertiary/aromatic N) is 2. The van der Waals surface area contributed by atoms with E-state index >= 15 is 0 Å². The van der Waals surface area contributed by atoms with Crippen molar-refractivity contribution in [2.24, 2.45) is 0 Å². The largest absolute Gasteiger partial charge is 0.477 e. The molecule has 1 rings (SSSR count). The van der Waals surface area contributed by atoms with Gasteiger partial charge < -0.3 is 20.6 Å². The highest BCUT2D eigenvalue weighted by Gasteiger charge is 2.25. The molecule has 0 aliphatic rings. The van der Waals surface area contributed by atoms with Crippen LogP contribution in [0.5, 0.6) is 0 Å². The monoisotopic (exact) mass is 271 g/mol. The van der Waals surface area contributed by atoms with E-state index in [2.05, 4.69) is 10.3 Å². The number of carboxylic acids is 1. The first-order valence-corrected chi connectivity index (χ1v) is 5.20. The van der Waals surface area contributed by atoms with Gasteiger partial charge in [-0.3, -0.25) is 10.1 Å². The van der Waals surface area contributed by atoms with Crippen LogP contribution < -0.4 is 5.32 Å². The van der Waals surface area contributed by atoms with Gasteiger partial charge in [0.05, 0.1) is 23.7 Å². The average Bonchev–Trinajstić information content (AvgIpc) is 2.38. The highest BCUT2D eigenvalue weighted by atomic mass is 16.6. The molecule has 0 saturated carbocycles. The first-order valence-electron chi connectivity index (χ1n) is 5.20. The highest BCUT2D eigenvalue weighted by Crippen LogP contribution is 2.22. The van der Waals surface area contributed by atoms with Gasteiger partial charge in [0.25, 0.3) is 0 Å². The number of aliphatic hydroxyl groups excluding tert-OH is 2. The number of pyridine rings is 1. The van der Waals surface area contributed by atoms with Crippen molar-refractivity contribution in [1.82, 2.24) is 4.98 Å². The zero-order valence-electron chi connectivity index (χ0n) is 10.0. The molecular formula is C10H13N3O6. The van der Waals surface area contributed by atoms with Gasteiger partial charge in [0.15, 0.2) is 0 Å². The number of carboxylic acid groups (broad SMARTS) is 1. The predicted molar refractivity (Wildman–Crippen MR) is 64.1 cm³/mol. The van der Waals surface area contributed by atoms with Gasteiger partial charge in [-0.1, -0.05) is 0 Å². The summed E-state index contributed by atoms with van der Waals surface area (Å²) in [6.07, 6.45) is 0.807. The Morgan fingerprint density at radius 1 is 1.53 bits per heavy atom. The van der Waals surface area contributed by atoms with E-state index in [1.54, 1.807) is 0 Å². The summed E-state index contributed by atoms with van der Waals surface area (Å²) in [6.45, 7) is 0.631. The van der Waals surface area contributed by atoms with Crippen LogP contribution in [0.25, 0.3) is 0 Å². The number of carbonyl (C=O) groups is 1. The second kappa shape index (κ2) is 5.59. The second-order valence-corrected chi connectivity index (χ2v) is 4.15. The minimum atomic E-state index is -1.47. The molecule has 0 radical (unpaired) electrons. The van der Waals surface area contributed by atoms with E-state index in [1.807, 2.05) is 0 Å². The van der Waals surface area contributed by atoms with E-state index in [0.29, 0.717) is 0 Å². The first-order chi connectivity index (χ1) is 8.83. The molecule has 19 heavy (non-hydrogen) atoms. The molecule has 0 unspecified atom stereocenters. The molecule has 0 amide bonds. The molecule has 0 aromatic carbocycles. The molecule has 104 valence electrons. The van der Waals surface area contributed by atoms with Gasteiger partial charge in [-0.25, -0.2) is 9.78 Å². The Kier molecular flexibility index (Phi) is 4.35. The molecule has 9 nitrogen and oxygen atoms in total. The second-order valence-electron chi connectivity index (χ2n) is 4.15. The van der Waals surface area contributed by atoms with E-state index in [0.717, 1.165) is 12.3 Å². The topological polar surface area (TPSA) is 146 Å². The molecule has 0 bridgehead atoms. The van der Waals surface area contributed by atoms with Gasteiger partial charge in [-0.2, -0.15) is 0 Å². The lowest BCUT2D eigenvalue weighted by molar-refractivity contribution is -0.385. The number of aliphatic hydroxyl groups is 2. The summed E-state index contributed by atoms with van der Waals surface area (Å²) < 4.78 is 0. The van der Waals surface area contributed by atoms with Gasteiger partial charge in [0.1, 0.15) is 17.6 Å². The predicted octanol–water partition coefficient (Wildman–Crippen LogP) is -0.157. The molecule has 9 heteroatoms. The van der Waals surface area contributed by atoms with Crippen LogP contribution in [0, 0.1) is 10.1 Å². The number of aromatic carboxylic acids is 1. The Bertz CT molecular complexity index is 500. The van der Waals surface area contributed by atoms with Crippen LogP contribution in [0.1, 0.15) is 17.3 Å². The smallest absolute Gasteiger partial charge is 0.342 e. The van der Waals surface area contributed by atoms with Crippen molar-refractivity contribution < 1.29 is 25.0 Å². The molecule has 0 aliphatic carbocycles. The SMILES string of the molecule is CC(CO)(CO)Nc1cc(C(=O)O)c([N+](=O)[O-])cn1. The van der Waals surface area contributed by atoms with E-state index in [1.165, 1.54) is 6.92 Å². The molecule has 0 aliphatic heterocycles. The van der Waals surface area contributed by atoms with Crippen molar-refractivity contribution in [2.75, 3.05) is 18.5 Å². The van der Waals surface area contributed by atoms with E-state index in [9.17, 15) is 14.9 Å². The number of anilines is 1. The standard InChI is InChI=1S/C10H13N3O6/c1-10(4-14,5-15)12-8-2-6(9(16)17)7(3-11-8)13(18)19/h2-3,14-15H,4-5H2,1H3,(H,11,12)(H,16,17). The maximum atomic E-state index is 10.9. The summed E-state index contributed by atoms with van der Waals surface area (Å²) in [6, 6.07) is 0.976. The summed E-state index contributed by atoms with van der Waals surface area (Å²) >= 11 is 0. The quantitative estimate of drug-likeness (QED) is 0.412. The van der Waals surface area contributed by atoms with Crippen LogP contribution in [0.2, 0.25) is 0 Å². The fourth-order valence-electron chi connectivity index (χ4n) is 1.27. The third-order valence-corrected chi connectivity index (χ3v) is 2.44. The van der Waals surface area contributed by atoms with Crippen LogP contribution in [0.15, 0.2) is 12.3 Å². The summed E-state index contributed by atoms with van der Waals surface area (Å²) in [5.74, 6) is -1.46. The molecule has 4 N–H and O–H groups in total. The maximum absolute atomic E-state index is 10.9. The summed E-state index contributed by atoms with van der Waals surface area (Å²) in [5.41, 5.74) is -2.27. The van der Waals surface area contributed by atoms with Gasteiger partial charge in [-0.05, 0) is 6.92 Å². The molecule has 1 aromatic heterocycles. The Morgan fingerprint density at radius 2 is 2.11 bits per heavy atom. The molecule has 0 saturated heterocycles. The zero-order chi connectivity index (χ0) is 14.6. The van der Waals surface area contributed by atoms with Crippen molar-refractivity contribution >= 4 is 17.5 Å². The van der Waals surface area contributed by atoms with Crippen molar-refractivity contribution in [3.63, 3.8) is 0 Å². The minimum absolute atomic E-state index is 0.00796. The van der Waals surface area contributed by atoms with Crippen LogP contribution in [0.3, 0.4) is 0 Å². The Labute approximate surface area is 107 Å². The summed E-state index contributed by atoms with van der Waals surface area (Å²) in [4.78, 5) is 24.4. The van der Waals surface area contributed by atoms with Crippen LogP contribution in [0.4, 0.5) is 11.5 Å². The van der Waals surface area contributed by atoms with E-state index < -0.39 is 40.9 Å². The Morgan fingerprint density at radius 3 is 2.53 bits per heavy atom. The number of hydrogen-bond donors (Lipinski definition) is 4. The van der Waals surface area contributed by atoms with Crippen molar-refractivity contribution in [1.29, 1.82) is 0 Å². The number of aromatic nitrogens is 1. The van der Waals surface area contributed by atoms with Gasteiger partial charge in [0, 0.05) is 6.07 Å². The van der Waals surface area contributed by atoms with Crippen molar-refractivity contribution in [3.05, 3.63) is 27.9 Å². The van der Waals surface area contributed by atoms with Gasteiger partial charge in [-0.15, -0.1) is 0 Å². The average molecular weight is 271 g/mol. The molecule has 0 spiro atoms. The van der Waals surface area contributed by atoms with Gasteiger partial charge >= 0.3 is 11.7 Å². The summed E-state index contributed by atoms with van der Waals surface area (Å²) in [7, 11) is 0. The lowest BCUT2D eigenvalue weighted by Crippen LogP contribution is -2.42. The third-order valence-electron chi connectivity index (χ3n) is 2.44. The van der Waals surface area contributed by atoms with Crippen molar-refractivity contribution in [2.45, 2.75) is 12.5 Å². The van der Waals surface area contributed by atoms with Crippen LogP contribution in [-0.4, -0.2) is 49.9 Å². The molecule has 0 fully saturated rings. The minimum Gasteiger partial charge on any atom is -0.477 e. The molecule has 0 atom stereocenters. The Balaban J connectivity index is 3.16. The van der Waals surface area contributed by atoms with Crippen LogP contribution in [-0.2, 0) is 0 Å². The number of nitrogens with one attached hydrogen (secondary N) is 1. The highest BCUT2D eigenvalue weighted by molar-refractivity contribution is 5.93. The zero-order valence-corrected chi connectivity index (χ0v) is 10.0. The van der Waals surface area contributed by atoms with E-state index in [4.69, 9.17) is 15.3 Å². The Hall–Kier alpha value is -2.26. The fourth-order valence-corrected chi connectivity index (χ4v) is 1.27. The van der Waals surface area contributed by atoms with Gasteiger partial charge in [0.2, 0.25) is 0 Å². The van der Waals surface area contributed by atoms with E-state index in [-0.39, 0.29) is 5.82 Å². The number of rotatable bonds is 6. The molecular weight excluding hydrogens is 258 g/mol. The summed E-state index contributed by atoms with van der Waals surface area (Å²) in [5, 5.41) is 40.3. The lowest BCUT2D eigenvalue weighted by atomic mass is 10.1. The first kappa shape index (κ1) is 14.8. The number of nitro groups is 1. The normalized spacial score (nSPS) is 11.1. The molecule has 1 aromatic rings. The lowest BCUT2D eigenvalue weighted by Gasteiger charge is -2.26. The maximum Gasteiger partial charge on any atom is 0.342 e. The fraction of sp³-hybridized carbons (Fsp3) is 0.400. The van der Waals surface area contributed by atoms with Crippen molar-refractivity contribution in [3.8, 4) is 0 Å². The molecule has 1 heterocycles. The number of hydrogen-bond acceptors (Lipinski definition) is 7.